The van der Waals surface area contributed by atoms with Crippen molar-refractivity contribution in [1.82, 2.24) is 15.5 Å². The monoisotopic (exact) mass is 363 g/mol. The van der Waals surface area contributed by atoms with Gasteiger partial charge in [-0.3, -0.25) is 14.5 Å². The fourth-order valence-electron chi connectivity index (χ4n) is 3.06. The van der Waals surface area contributed by atoms with Gasteiger partial charge in [-0.2, -0.15) is 0 Å². The summed E-state index contributed by atoms with van der Waals surface area (Å²) in [6.45, 7) is 5.78. The number of hydrogen-bond donors (Lipinski definition) is 2. The maximum Gasteiger partial charge on any atom is 0.309 e. The summed E-state index contributed by atoms with van der Waals surface area (Å²) in [5.74, 6) is 0.209. The van der Waals surface area contributed by atoms with Gasteiger partial charge in [0, 0.05) is 26.2 Å². The molecule has 0 bridgehead atoms. The number of amides is 2. The van der Waals surface area contributed by atoms with Gasteiger partial charge in [0.2, 0.25) is 6.79 Å². The summed E-state index contributed by atoms with van der Waals surface area (Å²) >= 11 is 0. The molecule has 0 radical (unpaired) electrons. The van der Waals surface area contributed by atoms with Crippen LogP contribution in [0.2, 0.25) is 0 Å². The van der Waals surface area contributed by atoms with Crippen molar-refractivity contribution in [3.8, 4) is 11.5 Å². The molecule has 0 saturated carbocycles. The van der Waals surface area contributed by atoms with E-state index in [-0.39, 0.29) is 12.8 Å². The number of benzene rings is 1. The Kier molecular flexibility index (Phi) is 6.30. The van der Waals surface area contributed by atoms with Crippen molar-refractivity contribution >= 4 is 11.8 Å². The molecule has 2 N–H and O–H groups in total. The van der Waals surface area contributed by atoms with E-state index in [9.17, 15) is 9.59 Å². The molecular weight excluding hydrogens is 338 g/mol. The highest BCUT2D eigenvalue weighted by atomic mass is 16.7. The second-order valence-electron chi connectivity index (χ2n) is 6.24. The molecule has 0 aromatic heterocycles. The Bertz CT molecular complexity index is 646. The van der Waals surface area contributed by atoms with E-state index in [2.05, 4.69) is 15.5 Å². The lowest BCUT2D eigenvalue weighted by atomic mass is 10.0. The number of carbonyl (C=O) groups is 2. The van der Waals surface area contributed by atoms with Gasteiger partial charge < -0.3 is 24.8 Å². The van der Waals surface area contributed by atoms with Gasteiger partial charge in [0.25, 0.3) is 0 Å². The average Bonchev–Trinajstić information content (AvgIpc) is 3.15. The molecule has 8 heteroatoms. The van der Waals surface area contributed by atoms with Gasteiger partial charge in [0.05, 0.1) is 19.3 Å². The molecule has 2 amide bonds. The first kappa shape index (κ1) is 18.5. The summed E-state index contributed by atoms with van der Waals surface area (Å²) in [4.78, 5) is 26.1. The molecule has 0 spiro atoms. The lowest BCUT2D eigenvalue weighted by Gasteiger charge is -2.34. The van der Waals surface area contributed by atoms with Crippen LogP contribution < -0.4 is 20.1 Å². The van der Waals surface area contributed by atoms with E-state index in [0.717, 1.165) is 30.8 Å². The maximum atomic E-state index is 12.0. The minimum atomic E-state index is -0.613. The number of fused-ring (bicyclic) bond motifs is 1. The van der Waals surface area contributed by atoms with Crippen molar-refractivity contribution in [2.75, 3.05) is 46.2 Å². The number of nitrogens with zero attached hydrogens (tertiary/aromatic N) is 1. The van der Waals surface area contributed by atoms with Crippen molar-refractivity contribution < 1.29 is 23.8 Å². The van der Waals surface area contributed by atoms with E-state index in [1.165, 1.54) is 0 Å². The van der Waals surface area contributed by atoms with Crippen LogP contribution in [-0.4, -0.2) is 62.9 Å². The van der Waals surface area contributed by atoms with Crippen LogP contribution in [0.4, 0.5) is 0 Å². The third-order valence-corrected chi connectivity index (χ3v) is 4.47. The number of hydrogen-bond acceptors (Lipinski definition) is 6. The fraction of sp³-hybridized carbons (Fsp3) is 0.556. The molecule has 0 unspecified atom stereocenters. The predicted molar refractivity (Wildman–Crippen MR) is 94.0 cm³/mol. The first-order chi connectivity index (χ1) is 12.7. The van der Waals surface area contributed by atoms with Crippen LogP contribution in [-0.2, 0) is 14.3 Å². The highest BCUT2D eigenvalue weighted by molar-refractivity contribution is 6.35. The highest BCUT2D eigenvalue weighted by Crippen LogP contribution is 2.35. The van der Waals surface area contributed by atoms with Crippen LogP contribution in [0.3, 0.4) is 0 Å². The molecule has 1 aromatic rings. The molecule has 3 rings (SSSR count). The van der Waals surface area contributed by atoms with E-state index in [1.807, 2.05) is 25.1 Å². The topological polar surface area (TPSA) is 89.1 Å². The lowest BCUT2D eigenvalue weighted by Crippen LogP contribution is -2.46. The standard InChI is InChI=1S/C18H25N3O5/c1-2-5-19-17(22)18(23)20-11-14(21-6-8-24-9-7-21)13-3-4-15-16(10-13)26-12-25-15/h3-4,10,14H,2,5-9,11-12H2,1H3,(H,19,22)(H,20,23)/t14-/m0/s1. The largest absolute Gasteiger partial charge is 0.454 e. The van der Waals surface area contributed by atoms with Gasteiger partial charge >= 0.3 is 11.8 Å². The number of ether oxygens (including phenoxy) is 3. The number of morpholine rings is 1. The van der Waals surface area contributed by atoms with E-state index in [4.69, 9.17) is 14.2 Å². The third kappa shape index (κ3) is 4.44. The summed E-state index contributed by atoms with van der Waals surface area (Å²) in [6.07, 6.45) is 0.784. The van der Waals surface area contributed by atoms with Crippen molar-refractivity contribution in [3.63, 3.8) is 0 Å². The SMILES string of the molecule is CCCNC(=O)C(=O)NC[C@@H](c1ccc2c(c1)OCO2)N1CCOCC1. The number of rotatable bonds is 6. The van der Waals surface area contributed by atoms with Crippen LogP contribution in [0.25, 0.3) is 0 Å². The molecule has 0 aliphatic carbocycles. The molecule has 1 saturated heterocycles. The fourth-order valence-corrected chi connectivity index (χ4v) is 3.06. The summed E-state index contributed by atoms with van der Waals surface area (Å²) in [6, 6.07) is 5.71. The Morgan fingerprint density at radius 1 is 1.12 bits per heavy atom. The summed E-state index contributed by atoms with van der Waals surface area (Å²) < 4.78 is 16.3. The van der Waals surface area contributed by atoms with Gasteiger partial charge in [0.15, 0.2) is 11.5 Å². The minimum Gasteiger partial charge on any atom is -0.454 e. The smallest absolute Gasteiger partial charge is 0.309 e. The summed E-state index contributed by atoms with van der Waals surface area (Å²) in [5, 5.41) is 5.34. The van der Waals surface area contributed by atoms with Crippen molar-refractivity contribution in [2.24, 2.45) is 0 Å². The van der Waals surface area contributed by atoms with Crippen molar-refractivity contribution in [3.05, 3.63) is 23.8 Å². The molecule has 2 aliphatic rings. The molecule has 8 nitrogen and oxygen atoms in total. The molecule has 26 heavy (non-hydrogen) atoms. The number of nitrogens with one attached hydrogen (secondary N) is 2. The molecule has 1 fully saturated rings. The zero-order valence-corrected chi connectivity index (χ0v) is 15.0. The molecule has 142 valence electrons. The van der Waals surface area contributed by atoms with Gasteiger partial charge in [-0.1, -0.05) is 13.0 Å². The molecule has 1 atom stereocenters. The number of carbonyl (C=O) groups excluding carboxylic acids is 2. The Balaban J connectivity index is 1.69. The Hall–Kier alpha value is -2.32. The van der Waals surface area contributed by atoms with E-state index < -0.39 is 11.8 Å². The second-order valence-corrected chi connectivity index (χ2v) is 6.24. The average molecular weight is 363 g/mol. The van der Waals surface area contributed by atoms with Gasteiger partial charge in [0.1, 0.15) is 0 Å². The van der Waals surface area contributed by atoms with Crippen molar-refractivity contribution in [1.29, 1.82) is 0 Å². The Morgan fingerprint density at radius 3 is 2.62 bits per heavy atom. The lowest BCUT2D eigenvalue weighted by molar-refractivity contribution is -0.139. The highest BCUT2D eigenvalue weighted by Gasteiger charge is 2.26. The van der Waals surface area contributed by atoms with Crippen LogP contribution in [0, 0.1) is 0 Å². The van der Waals surface area contributed by atoms with Crippen LogP contribution >= 0.6 is 0 Å². The molecule has 1 aromatic carbocycles. The second kappa shape index (κ2) is 8.86. The van der Waals surface area contributed by atoms with Crippen LogP contribution in [0.15, 0.2) is 18.2 Å². The molecule has 2 aliphatic heterocycles. The van der Waals surface area contributed by atoms with Gasteiger partial charge in [-0.25, -0.2) is 0 Å². The van der Waals surface area contributed by atoms with E-state index in [0.29, 0.717) is 32.1 Å². The van der Waals surface area contributed by atoms with Gasteiger partial charge in [-0.15, -0.1) is 0 Å². The van der Waals surface area contributed by atoms with Crippen molar-refractivity contribution in [2.45, 2.75) is 19.4 Å². The third-order valence-electron chi connectivity index (χ3n) is 4.47. The molecule has 2 heterocycles. The zero-order valence-electron chi connectivity index (χ0n) is 15.0. The first-order valence-corrected chi connectivity index (χ1v) is 8.96. The van der Waals surface area contributed by atoms with Gasteiger partial charge in [-0.05, 0) is 24.1 Å². The summed E-state index contributed by atoms with van der Waals surface area (Å²) in [5.41, 5.74) is 1.01. The summed E-state index contributed by atoms with van der Waals surface area (Å²) in [7, 11) is 0. The van der Waals surface area contributed by atoms with E-state index >= 15 is 0 Å². The van der Waals surface area contributed by atoms with Crippen LogP contribution in [0.5, 0.6) is 11.5 Å². The normalized spacial score (nSPS) is 17.6. The zero-order chi connectivity index (χ0) is 18.4. The predicted octanol–water partition coefficient (Wildman–Crippen LogP) is 0.431. The Morgan fingerprint density at radius 2 is 1.85 bits per heavy atom. The first-order valence-electron chi connectivity index (χ1n) is 8.96. The quantitative estimate of drug-likeness (QED) is 0.713. The molecular formula is C18H25N3O5. The minimum absolute atomic E-state index is 0.0728. The van der Waals surface area contributed by atoms with Crippen LogP contribution in [0.1, 0.15) is 24.9 Å². The van der Waals surface area contributed by atoms with E-state index in [1.54, 1.807) is 0 Å². The maximum absolute atomic E-state index is 12.0. The Labute approximate surface area is 152 Å².